The molecule has 2 fully saturated rings. The number of carbonyl (C=O) groups excluding carboxylic acids is 1. The SMILES string of the molecule is CC1CCCCC1N(C)C(=O)C1CCCC(N)C1.Cl. The van der Waals surface area contributed by atoms with Gasteiger partial charge in [0.2, 0.25) is 5.91 Å². The molecule has 0 heterocycles. The molecule has 4 heteroatoms. The summed E-state index contributed by atoms with van der Waals surface area (Å²) in [6.07, 6.45) is 9.20. The smallest absolute Gasteiger partial charge is 0.225 e. The van der Waals surface area contributed by atoms with Crippen molar-refractivity contribution in [3.8, 4) is 0 Å². The number of hydrogen-bond acceptors (Lipinski definition) is 2. The van der Waals surface area contributed by atoms with Crippen LogP contribution in [0.5, 0.6) is 0 Å². The van der Waals surface area contributed by atoms with Gasteiger partial charge in [-0.15, -0.1) is 12.4 Å². The summed E-state index contributed by atoms with van der Waals surface area (Å²) in [6.45, 7) is 2.29. The normalized spacial score (nSPS) is 35.3. The van der Waals surface area contributed by atoms with Crippen molar-refractivity contribution in [2.45, 2.75) is 70.4 Å². The van der Waals surface area contributed by atoms with E-state index >= 15 is 0 Å². The molecule has 112 valence electrons. The fourth-order valence-electron chi connectivity index (χ4n) is 3.78. The molecule has 0 spiro atoms. The van der Waals surface area contributed by atoms with Crippen molar-refractivity contribution in [2.24, 2.45) is 17.6 Å². The van der Waals surface area contributed by atoms with Crippen LogP contribution in [0.2, 0.25) is 0 Å². The standard InChI is InChI=1S/C15H28N2O.ClH/c1-11-6-3-4-9-14(11)17(2)15(18)12-7-5-8-13(16)10-12;/h11-14H,3-10,16H2,1-2H3;1H. The first-order valence-electron chi connectivity index (χ1n) is 7.62. The monoisotopic (exact) mass is 288 g/mol. The van der Waals surface area contributed by atoms with Gasteiger partial charge in [0.25, 0.3) is 0 Å². The summed E-state index contributed by atoms with van der Waals surface area (Å²) in [5.41, 5.74) is 6.00. The maximum absolute atomic E-state index is 12.6. The Morgan fingerprint density at radius 1 is 1.11 bits per heavy atom. The molecule has 19 heavy (non-hydrogen) atoms. The van der Waals surface area contributed by atoms with Crippen molar-refractivity contribution < 1.29 is 4.79 Å². The van der Waals surface area contributed by atoms with Gasteiger partial charge in [-0.2, -0.15) is 0 Å². The zero-order valence-corrected chi connectivity index (χ0v) is 13.1. The van der Waals surface area contributed by atoms with Gasteiger partial charge in [-0.1, -0.05) is 26.2 Å². The first-order chi connectivity index (χ1) is 8.59. The van der Waals surface area contributed by atoms with Crippen LogP contribution in [0, 0.1) is 11.8 Å². The molecule has 0 aliphatic heterocycles. The van der Waals surface area contributed by atoms with E-state index in [1.807, 2.05) is 11.9 Å². The second-order valence-corrected chi connectivity index (χ2v) is 6.40. The molecule has 2 aliphatic carbocycles. The van der Waals surface area contributed by atoms with Gasteiger partial charge in [-0.25, -0.2) is 0 Å². The third kappa shape index (κ3) is 4.09. The summed E-state index contributed by atoms with van der Waals surface area (Å²) < 4.78 is 0. The van der Waals surface area contributed by atoms with Crippen molar-refractivity contribution in [1.29, 1.82) is 0 Å². The maximum atomic E-state index is 12.6. The maximum Gasteiger partial charge on any atom is 0.225 e. The Morgan fingerprint density at radius 3 is 2.42 bits per heavy atom. The van der Waals surface area contributed by atoms with Gasteiger partial charge in [0.05, 0.1) is 0 Å². The predicted molar refractivity (Wildman–Crippen MR) is 81.4 cm³/mol. The van der Waals surface area contributed by atoms with Gasteiger partial charge < -0.3 is 10.6 Å². The second kappa shape index (κ2) is 7.49. The highest BCUT2D eigenvalue weighted by atomic mass is 35.5. The lowest BCUT2D eigenvalue weighted by Crippen LogP contribution is -2.46. The van der Waals surface area contributed by atoms with Crippen molar-refractivity contribution in [3.05, 3.63) is 0 Å². The molecule has 4 unspecified atom stereocenters. The molecule has 0 aromatic heterocycles. The summed E-state index contributed by atoms with van der Waals surface area (Å²) >= 11 is 0. The van der Waals surface area contributed by atoms with Crippen molar-refractivity contribution in [2.75, 3.05) is 7.05 Å². The molecule has 0 aromatic carbocycles. The van der Waals surface area contributed by atoms with Crippen LogP contribution in [0.3, 0.4) is 0 Å². The Kier molecular flexibility index (Phi) is 6.61. The molecule has 0 bridgehead atoms. The lowest BCUT2D eigenvalue weighted by atomic mass is 9.82. The van der Waals surface area contributed by atoms with Gasteiger partial charge in [-0.05, 0) is 38.0 Å². The van der Waals surface area contributed by atoms with Crippen LogP contribution in [-0.2, 0) is 4.79 Å². The number of hydrogen-bond donors (Lipinski definition) is 1. The molecule has 2 aliphatic rings. The molecule has 0 saturated heterocycles. The van der Waals surface area contributed by atoms with Crippen molar-refractivity contribution >= 4 is 18.3 Å². The number of amides is 1. The Balaban J connectivity index is 0.00000180. The number of rotatable bonds is 2. The minimum atomic E-state index is 0. The Hall–Kier alpha value is -0.280. The minimum absolute atomic E-state index is 0. The molecule has 2 saturated carbocycles. The zero-order chi connectivity index (χ0) is 13.1. The molecule has 0 radical (unpaired) electrons. The molecule has 0 aromatic rings. The van der Waals surface area contributed by atoms with Gasteiger partial charge in [0.15, 0.2) is 0 Å². The van der Waals surface area contributed by atoms with Gasteiger partial charge in [0, 0.05) is 25.0 Å². The zero-order valence-electron chi connectivity index (χ0n) is 12.3. The van der Waals surface area contributed by atoms with Crippen molar-refractivity contribution in [1.82, 2.24) is 4.90 Å². The summed E-state index contributed by atoms with van der Waals surface area (Å²) in [6, 6.07) is 0.703. The Morgan fingerprint density at radius 2 is 1.79 bits per heavy atom. The predicted octanol–water partition coefficient (Wildman–Crippen LogP) is 2.96. The van der Waals surface area contributed by atoms with Gasteiger partial charge >= 0.3 is 0 Å². The van der Waals surface area contributed by atoms with Crippen LogP contribution in [0.1, 0.15) is 58.3 Å². The largest absolute Gasteiger partial charge is 0.342 e. The molecule has 1 amide bonds. The highest BCUT2D eigenvalue weighted by molar-refractivity contribution is 5.85. The molecule has 3 nitrogen and oxygen atoms in total. The van der Waals surface area contributed by atoms with E-state index in [1.165, 1.54) is 25.7 Å². The van der Waals surface area contributed by atoms with Crippen molar-refractivity contribution in [3.63, 3.8) is 0 Å². The van der Waals surface area contributed by atoms with Gasteiger partial charge in [-0.3, -0.25) is 4.79 Å². The molecule has 4 atom stereocenters. The van der Waals surface area contributed by atoms with Crippen LogP contribution >= 0.6 is 12.4 Å². The third-order valence-corrected chi connectivity index (χ3v) is 4.98. The van der Waals surface area contributed by atoms with Crippen LogP contribution in [-0.4, -0.2) is 29.9 Å². The lowest BCUT2D eigenvalue weighted by molar-refractivity contribution is -0.139. The third-order valence-electron chi connectivity index (χ3n) is 4.98. The number of nitrogens with two attached hydrogens (primary N) is 1. The van der Waals surface area contributed by atoms with E-state index in [9.17, 15) is 4.79 Å². The first kappa shape index (κ1) is 16.8. The van der Waals surface area contributed by atoms with E-state index < -0.39 is 0 Å². The summed E-state index contributed by atoms with van der Waals surface area (Å²) in [7, 11) is 2.01. The highest BCUT2D eigenvalue weighted by Gasteiger charge is 2.33. The summed E-state index contributed by atoms with van der Waals surface area (Å²) in [5, 5.41) is 0. The molecular formula is C15H29ClN2O. The molecule has 2 N–H and O–H groups in total. The molecular weight excluding hydrogens is 260 g/mol. The summed E-state index contributed by atoms with van der Waals surface area (Å²) in [5.74, 6) is 1.20. The average Bonchev–Trinajstić information content (AvgIpc) is 2.37. The van der Waals surface area contributed by atoms with E-state index in [2.05, 4.69) is 6.92 Å². The second-order valence-electron chi connectivity index (χ2n) is 6.40. The van der Waals surface area contributed by atoms with Crippen LogP contribution < -0.4 is 5.73 Å². The van der Waals surface area contributed by atoms with Crippen LogP contribution in [0.15, 0.2) is 0 Å². The van der Waals surface area contributed by atoms with Crippen LogP contribution in [0.4, 0.5) is 0 Å². The Bertz CT molecular complexity index is 298. The van der Waals surface area contributed by atoms with E-state index in [0.29, 0.717) is 17.9 Å². The highest BCUT2D eigenvalue weighted by Crippen LogP contribution is 2.31. The van der Waals surface area contributed by atoms with E-state index in [0.717, 1.165) is 25.7 Å². The topological polar surface area (TPSA) is 46.3 Å². The Labute approximate surface area is 123 Å². The average molecular weight is 289 g/mol. The molecule has 2 rings (SSSR count). The van der Waals surface area contributed by atoms with E-state index in [4.69, 9.17) is 5.73 Å². The number of carbonyl (C=O) groups is 1. The minimum Gasteiger partial charge on any atom is -0.342 e. The van der Waals surface area contributed by atoms with Crippen LogP contribution in [0.25, 0.3) is 0 Å². The number of halogens is 1. The summed E-state index contributed by atoms with van der Waals surface area (Å²) in [4.78, 5) is 14.6. The quantitative estimate of drug-likeness (QED) is 0.849. The fraction of sp³-hybridized carbons (Fsp3) is 0.933. The lowest BCUT2D eigenvalue weighted by Gasteiger charge is -2.39. The first-order valence-corrected chi connectivity index (χ1v) is 7.62. The van der Waals surface area contributed by atoms with Gasteiger partial charge in [0.1, 0.15) is 0 Å². The van der Waals surface area contributed by atoms with E-state index in [1.54, 1.807) is 0 Å². The number of nitrogens with zero attached hydrogens (tertiary/aromatic N) is 1. The fourth-order valence-corrected chi connectivity index (χ4v) is 3.78. The van der Waals surface area contributed by atoms with E-state index in [-0.39, 0.29) is 24.4 Å².